The molecule has 2 aromatic carbocycles. The monoisotopic (exact) mass is 491 g/mol. The lowest BCUT2D eigenvalue weighted by molar-refractivity contribution is -0.138. The average Bonchev–Trinajstić information content (AvgIpc) is 3.73. The van der Waals surface area contributed by atoms with Crippen LogP contribution in [0.1, 0.15) is 56.6 Å². The summed E-state index contributed by atoms with van der Waals surface area (Å²) < 4.78 is 0. The molecule has 1 aliphatic heterocycles. The quantitative estimate of drug-likeness (QED) is 0.471. The first kappa shape index (κ1) is 26.4. The Kier molecular flexibility index (Phi) is 9.54. The van der Waals surface area contributed by atoms with Crippen LogP contribution in [0.15, 0.2) is 60.7 Å². The molecule has 3 atom stereocenters. The van der Waals surface area contributed by atoms with Crippen LogP contribution in [0, 0.1) is 11.8 Å². The largest absolute Gasteiger partial charge is 0.392 e. The predicted octanol–water partition coefficient (Wildman–Crippen LogP) is 3.98. The Morgan fingerprint density at radius 1 is 1.00 bits per heavy atom. The van der Waals surface area contributed by atoms with E-state index in [4.69, 9.17) is 0 Å². The molecule has 1 heterocycles. The van der Waals surface area contributed by atoms with Crippen LogP contribution in [0.5, 0.6) is 0 Å². The first-order valence-corrected chi connectivity index (χ1v) is 13.6. The molecule has 1 saturated carbocycles. The third-order valence-electron chi connectivity index (χ3n) is 7.46. The molecule has 6 heteroatoms. The smallest absolute Gasteiger partial charge is 0.246 e. The summed E-state index contributed by atoms with van der Waals surface area (Å²) in [4.78, 5) is 31.3. The first-order chi connectivity index (χ1) is 17.5. The standard InChI is InChI=1S/C30H41N3O3/c1-2-3-14-28(34)26(19-23-15-16-23)29(35)31-27-22-32(20-24-10-6-4-7-11-24)17-18-33(30(27)36)21-25-12-8-5-9-13-25/h4-13,23,26-28,34H,2-3,14-22H2,1H3,(H,31,35)/t26-,27?,28+/m1/s1. The predicted molar refractivity (Wildman–Crippen MR) is 142 cm³/mol. The summed E-state index contributed by atoms with van der Waals surface area (Å²) in [5.74, 6) is -0.155. The minimum atomic E-state index is -0.660. The van der Waals surface area contributed by atoms with Gasteiger partial charge in [0.05, 0.1) is 12.0 Å². The summed E-state index contributed by atoms with van der Waals surface area (Å²) in [5, 5.41) is 14.0. The van der Waals surface area contributed by atoms with Crippen molar-refractivity contribution >= 4 is 11.8 Å². The Hall–Kier alpha value is -2.70. The highest BCUT2D eigenvalue weighted by Gasteiger charge is 2.37. The first-order valence-electron chi connectivity index (χ1n) is 13.6. The van der Waals surface area contributed by atoms with Crippen molar-refractivity contribution in [3.8, 4) is 0 Å². The van der Waals surface area contributed by atoms with Gasteiger partial charge in [-0.3, -0.25) is 14.5 Å². The molecular weight excluding hydrogens is 450 g/mol. The molecule has 0 bridgehead atoms. The maximum absolute atomic E-state index is 13.7. The number of carbonyl (C=O) groups excluding carboxylic acids is 2. The molecule has 1 saturated heterocycles. The van der Waals surface area contributed by atoms with Crippen molar-refractivity contribution in [2.75, 3.05) is 19.6 Å². The number of amides is 2. The van der Waals surface area contributed by atoms with Crippen LogP contribution in [0.3, 0.4) is 0 Å². The van der Waals surface area contributed by atoms with E-state index in [1.807, 2.05) is 53.4 Å². The Balaban J connectivity index is 1.50. The molecule has 0 aromatic heterocycles. The SMILES string of the molecule is CCCC[C@H](O)[C@@H](CC1CC1)C(=O)NC1CN(Cc2ccccc2)CCN(Cc2ccccc2)C1=O. The van der Waals surface area contributed by atoms with Gasteiger partial charge in [-0.15, -0.1) is 0 Å². The van der Waals surface area contributed by atoms with Crippen molar-refractivity contribution in [1.82, 2.24) is 15.1 Å². The number of nitrogens with zero attached hydrogens (tertiary/aromatic N) is 2. The number of aliphatic hydroxyl groups is 1. The van der Waals surface area contributed by atoms with E-state index in [-0.39, 0.29) is 11.8 Å². The van der Waals surface area contributed by atoms with Gasteiger partial charge in [-0.05, 0) is 29.9 Å². The van der Waals surface area contributed by atoms with Gasteiger partial charge in [-0.2, -0.15) is 0 Å². The molecule has 1 aliphatic carbocycles. The topological polar surface area (TPSA) is 72.9 Å². The Labute approximate surface area is 215 Å². The second kappa shape index (κ2) is 13.0. The highest BCUT2D eigenvalue weighted by Crippen LogP contribution is 2.37. The summed E-state index contributed by atoms with van der Waals surface area (Å²) in [6, 6.07) is 19.6. The molecule has 2 aromatic rings. The number of hydrogen-bond acceptors (Lipinski definition) is 4. The van der Waals surface area contributed by atoms with E-state index in [1.54, 1.807) is 0 Å². The summed E-state index contributed by atoms with van der Waals surface area (Å²) in [7, 11) is 0. The second-order valence-electron chi connectivity index (χ2n) is 10.5. The van der Waals surface area contributed by atoms with Crippen molar-refractivity contribution in [1.29, 1.82) is 0 Å². The van der Waals surface area contributed by atoms with Gasteiger partial charge in [0.15, 0.2) is 0 Å². The van der Waals surface area contributed by atoms with E-state index in [0.29, 0.717) is 38.4 Å². The highest BCUT2D eigenvalue weighted by atomic mass is 16.3. The molecular formula is C30H41N3O3. The second-order valence-corrected chi connectivity index (χ2v) is 10.5. The summed E-state index contributed by atoms with van der Waals surface area (Å²) in [5.41, 5.74) is 2.27. The van der Waals surface area contributed by atoms with Crippen molar-refractivity contribution in [3.05, 3.63) is 71.8 Å². The molecule has 2 fully saturated rings. The molecule has 1 unspecified atom stereocenters. The zero-order valence-corrected chi connectivity index (χ0v) is 21.5. The fourth-order valence-corrected chi connectivity index (χ4v) is 5.12. The zero-order chi connectivity index (χ0) is 25.3. The van der Waals surface area contributed by atoms with Crippen molar-refractivity contribution in [2.24, 2.45) is 11.8 Å². The number of unbranched alkanes of at least 4 members (excludes halogenated alkanes) is 1. The van der Waals surface area contributed by atoms with Crippen LogP contribution < -0.4 is 5.32 Å². The molecule has 0 radical (unpaired) electrons. The third-order valence-corrected chi connectivity index (χ3v) is 7.46. The van der Waals surface area contributed by atoms with Crippen LogP contribution >= 0.6 is 0 Å². The van der Waals surface area contributed by atoms with E-state index >= 15 is 0 Å². The Morgan fingerprint density at radius 3 is 2.25 bits per heavy atom. The van der Waals surface area contributed by atoms with Crippen molar-refractivity contribution in [3.63, 3.8) is 0 Å². The fourth-order valence-electron chi connectivity index (χ4n) is 5.12. The van der Waals surface area contributed by atoms with Crippen LogP contribution in [0.4, 0.5) is 0 Å². The molecule has 2 amide bonds. The van der Waals surface area contributed by atoms with Crippen LogP contribution in [-0.4, -0.2) is 58.5 Å². The molecule has 6 nitrogen and oxygen atoms in total. The number of rotatable bonds is 12. The summed E-state index contributed by atoms with van der Waals surface area (Å²) in [6.45, 7) is 5.16. The van der Waals surface area contributed by atoms with Gasteiger partial charge in [0, 0.05) is 32.7 Å². The number of nitrogens with one attached hydrogen (secondary N) is 1. The van der Waals surface area contributed by atoms with Crippen LogP contribution in [0.25, 0.3) is 0 Å². The Morgan fingerprint density at radius 2 is 1.64 bits per heavy atom. The lowest BCUT2D eigenvalue weighted by atomic mass is 9.91. The van der Waals surface area contributed by atoms with Gasteiger partial charge >= 0.3 is 0 Å². The van der Waals surface area contributed by atoms with Gasteiger partial charge < -0.3 is 15.3 Å². The van der Waals surface area contributed by atoms with Crippen molar-refractivity contribution in [2.45, 2.75) is 70.7 Å². The van der Waals surface area contributed by atoms with E-state index in [2.05, 4.69) is 29.3 Å². The third kappa shape index (κ3) is 7.65. The fraction of sp³-hybridized carbons (Fsp3) is 0.533. The summed E-state index contributed by atoms with van der Waals surface area (Å²) >= 11 is 0. The van der Waals surface area contributed by atoms with Crippen LogP contribution in [-0.2, 0) is 22.7 Å². The van der Waals surface area contributed by atoms with E-state index in [9.17, 15) is 14.7 Å². The maximum atomic E-state index is 13.7. The molecule has 36 heavy (non-hydrogen) atoms. The molecule has 194 valence electrons. The molecule has 2 aliphatic rings. The maximum Gasteiger partial charge on any atom is 0.246 e. The zero-order valence-electron chi connectivity index (χ0n) is 21.5. The minimum absolute atomic E-state index is 0.0454. The number of aliphatic hydroxyl groups excluding tert-OH is 1. The van der Waals surface area contributed by atoms with Gasteiger partial charge in [-0.25, -0.2) is 0 Å². The van der Waals surface area contributed by atoms with E-state index in [1.165, 1.54) is 5.56 Å². The number of carbonyl (C=O) groups is 2. The van der Waals surface area contributed by atoms with Gasteiger partial charge in [0.1, 0.15) is 6.04 Å². The lowest BCUT2D eigenvalue weighted by Gasteiger charge is -2.28. The number of benzene rings is 2. The van der Waals surface area contributed by atoms with Gasteiger partial charge in [0.25, 0.3) is 0 Å². The Bertz CT molecular complexity index is 964. The molecule has 2 N–H and O–H groups in total. The molecule has 4 rings (SSSR count). The van der Waals surface area contributed by atoms with Gasteiger partial charge in [0.2, 0.25) is 11.8 Å². The normalized spacial score (nSPS) is 20.6. The average molecular weight is 492 g/mol. The van der Waals surface area contributed by atoms with Crippen LogP contribution in [0.2, 0.25) is 0 Å². The minimum Gasteiger partial charge on any atom is -0.392 e. The highest BCUT2D eigenvalue weighted by molar-refractivity contribution is 5.89. The van der Waals surface area contributed by atoms with Crippen molar-refractivity contribution < 1.29 is 14.7 Å². The van der Waals surface area contributed by atoms with Gasteiger partial charge in [-0.1, -0.05) is 93.3 Å². The number of hydrogen-bond donors (Lipinski definition) is 2. The van der Waals surface area contributed by atoms with E-state index in [0.717, 1.165) is 44.3 Å². The summed E-state index contributed by atoms with van der Waals surface area (Å²) in [6.07, 6.45) is 4.81. The lowest BCUT2D eigenvalue weighted by Crippen LogP contribution is -2.53. The molecule has 0 spiro atoms. The van der Waals surface area contributed by atoms with E-state index < -0.39 is 18.1 Å².